The second kappa shape index (κ2) is 11.9. The predicted molar refractivity (Wildman–Crippen MR) is 60.9 cm³/mol. The van der Waals surface area contributed by atoms with Crippen molar-refractivity contribution in [2.45, 2.75) is 52.1 Å². The Morgan fingerprint density at radius 3 is 2.33 bits per heavy atom. The van der Waals surface area contributed by atoms with E-state index in [1.54, 1.807) is 6.92 Å². The fourth-order valence-corrected chi connectivity index (χ4v) is 1.57. The molecule has 18 heavy (non-hydrogen) atoms. The minimum Gasteiger partial charge on any atom is -0.548 e. The van der Waals surface area contributed by atoms with Crippen molar-refractivity contribution in [3.63, 3.8) is 0 Å². The molecular formula is C12H21FNNaO3. The second-order valence-electron chi connectivity index (χ2n) is 4.16. The molecule has 0 rings (SSSR count). The van der Waals surface area contributed by atoms with Crippen LogP contribution in [0.2, 0.25) is 0 Å². The van der Waals surface area contributed by atoms with Gasteiger partial charge in [0.25, 0.3) is 0 Å². The van der Waals surface area contributed by atoms with Gasteiger partial charge in [0.15, 0.2) is 0 Å². The molecule has 100 valence electrons. The molecule has 0 aromatic rings. The molecule has 0 aliphatic rings. The third-order valence-electron chi connectivity index (χ3n) is 2.55. The maximum absolute atomic E-state index is 12.5. The summed E-state index contributed by atoms with van der Waals surface area (Å²) in [5.41, 5.74) is 0. The van der Waals surface area contributed by atoms with Crippen molar-refractivity contribution in [3.8, 4) is 0 Å². The molecule has 0 aromatic carbocycles. The van der Waals surface area contributed by atoms with Gasteiger partial charge in [0.1, 0.15) is 0 Å². The van der Waals surface area contributed by atoms with E-state index in [1.807, 2.05) is 0 Å². The van der Waals surface area contributed by atoms with Crippen LogP contribution in [0, 0.1) is 0 Å². The number of halogens is 1. The quantitative estimate of drug-likeness (QED) is 0.356. The number of aliphatic carboxylic acids is 1. The SMILES string of the molecule is CCN(CC(=O)[O-])C(=O)CCCCCC(C)F.[Na+]. The standard InChI is InChI=1S/C12H22FNO3.Na/c1-3-14(9-12(16)17)11(15)8-6-4-5-7-10(2)13;/h10H,3-9H2,1-2H3,(H,16,17);/q;+1/p-1. The number of rotatable bonds is 9. The number of likely N-dealkylation sites (N-methyl/N-ethyl adjacent to an activating group) is 1. The molecule has 0 aromatic heterocycles. The van der Waals surface area contributed by atoms with Crippen molar-refractivity contribution < 1.29 is 48.6 Å². The summed E-state index contributed by atoms with van der Waals surface area (Å²) in [6, 6.07) is 0. The molecule has 0 aliphatic carbocycles. The molecular weight excluding hydrogens is 248 g/mol. The minimum absolute atomic E-state index is 0. The van der Waals surface area contributed by atoms with Gasteiger partial charge in [-0.15, -0.1) is 0 Å². The van der Waals surface area contributed by atoms with Crippen molar-refractivity contribution in [1.82, 2.24) is 4.90 Å². The van der Waals surface area contributed by atoms with Crippen LogP contribution in [0.5, 0.6) is 0 Å². The Bertz CT molecular complexity index is 249. The number of carboxylic acids is 1. The molecule has 1 unspecified atom stereocenters. The van der Waals surface area contributed by atoms with E-state index >= 15 is 0 Å². The van der Waals surface area contributed by atoms with Crippen LogP contribution in [0.15, 0.2) is 0 Å². The third-order valence-corrected chi connectivity index (χ3v) is 2.55. The van der Waals surface area contributed by atoms with E-state index in [0.717, 1.165) is 12.8 Å². The van der Waals surface area contributed by atoms with Crippen LogP contribution in [-0.2, 0) is 9.59 Å². The van der Waals surface area contributed by atoms with E-state index in [-0.39, 0.29) is 42.0 Å². The summed E-state index contributed by atoms with van der Waals surface area (Å²) in [5.74, 6) is -1.42. The maximum atomic E-state index is 12.5. The van der Waals surface area contributed by atoms with E-state index < -0.39 is 12.1 Å². The maximum Gasteiger partial charge on any atom is 1.00 e. The van der Waals surface area contributed by atoms with Gasteiger partial charge in [-0.1, -0.05) is 12.8 Å². The normalized spacial score (nSPS) is 11.5. The van der Waals surface area contributed by atoms with Crippen molar-refractivity contribution in [1.29, 1.82) is 0 Å². The Hall–Kier alpha value is -0.130. The minimum atomic E-state index is -1.24. The van der Waals surface area contributed by atoms with Gasteiger partial charge in [0.05, 0.1) is 18.7 Å². The van der Waals surface area contributed by atoms with Gasteiger partial charge in [-0.3, -0.25) is 4.79 Å². The fourth-order valence-electron chi connectivity index (χ4n) is 1.57. The zero-order chi connectivity index (χ0) is 13.3. The molecule has 0 fully saturated rings. The fraction of sp³-hybridized carbons (Fsp3) is 0.833. The molecule has 4 nitrogen and oxygen atoms in total. The van der Waals surface area contributed by atoms with Crippen LogP contribution < -0.4 is 34.7 Å². The number of unbranched alkanes of at least 4 members (excludes halogenated alkanes) is 2. The predicted octanol–water partition coefficient (Wildman–Crippen LogP) is -2.10. The Balaban J connectivity index is 0. The first-order chi connectivity index (χ1) is 7.97. The Morgan fingerprint density at radius 2 is 1.89 bits per heavy atom. The van der Waals surface area contributed by atoms with E-state index in [9.17, 15) is 19.1 Å². The molecule has 1 atom stereocenters. The summed E-state index contributed by atoms with van der Waals surface area (Å²) < 4.78 is 12.5. The van der Waals surface area contributed by atoms with Crippen LogP contribution in [0.4, 0.5) is 4.39 Å². The van der Waals surface area contributed by atoms with Crippen LogP contribution in [0.1, 0.15) is 46.0 Å². The van der Waals surface area contributed by atoms with Crippen LogP contribution in [-0.4, -0.2) is 36.0 Å². The van der Waals surface area contributed by atoms with Crippen molar-refractivity contribution >= 4 is 11.9 Å². The number of hydrogen-bond acceptors (Lipinski definition) is 3. The van der Waals surface area contributed by atoms with Gasteiger partial charge in [-0.25, -0.2) is 4.39 Å². The number of hydrogen-bond donors (Lipinski definition) is 0. The van der Waals surface area contributed by atoms with Crippen molar-refractivity contribution in [2.24, 2.45) is 0 Å². The molecule has 0 saturated heterocycles. The number of alkyl halides is 1. The zero-order valence-corrected chi connectivity index (χ0v) is 13.6. The summed E-state index contributed by atoms with van der Waals surface area (Å²) in [6.45, 7) is 3.26. The number of amides is 1. The molecule has 0 spiro atoms. The Kier molecular flexibility index (Phi) is 13.4. The number of nitrogens with zero attached hydrogens (tertiary/aromatic N) is 1. The molecule has 0 aliphatic heterocycles. The monoisotopic (exact) mass is 269 g/mol. The first-order valence-corrected chi connectivity index (χ1v) is 6.09. The van der Waals surface area contributed by atoms with E-state index in [2.05, 4.69) is 0 Å². The average molecular weight is 269 g/mol. The molecule has 1 amide bonds. The topological polar surface area (TPSA) is 60.4 Å². The van der Waals surface area contributed by atoms with E-state index in [1.165, 1.54) is 11.8 Å². The summed E-state index contributed by atoms with van der Waals surface area (Å²) in [7, 11) is 0. The van der Waals surface area contributed by atoms with Crippen LogP contribution in [0.25, 0.3) is 0 Å². The number of carbonyl (C=O) groups excluding carboxylic acids is 2. The van der Waals surface area contributed by atoms with Gasteiger partial charge in [0.2, 0.25) is 5.91 Å². The summed E-state index contributed by atoms with van der Waals surface area (Å²) in [4.78, 5) is 23.2. The molecule has 6 heteroatoms. The zero-order valence-electron chi connectivity index (χ0n) is 11.6. The molecule has 0 heterocycles. The van der Waals surface area contributed by atoms with Crippen LogP contribution in [0.3, 0.4) is 0 Å². The Morgan fingerprint density at radius 1 is 1.28 bits per heavy atom. The average Bonchev–Trinajstić information content (AvgIpc) is 2.24. The van der Waals surface area contributed by atoms with E-state index in [4.69, 9.17) is 0 Å². The van der Waals surface area contributed by atoms with Gasteiger partial charge >= 0.3 is 29.6 Å². The van der Waals surface area contributed by atoms with E-state index in [0.29, 0.717) is 25.8 Å². The summed E-state index contributed by atoms with van der Waals surface area (Å²) in [5, 5.41) is 10.4. The number of carbonyl (C=O) groups is 2. The molecule has 0 radical (unpaired) electrons. The van der Waals surface area contributed by atoms with Gasteiger partial charge in [-0.2, -0.15) is 0 Å². The number of carboxylic acid groups (broad SMARTS) is 1. The van der Waals surface area contributed by atoms with Crippen LogP contribution >= 0.6 is 0 Å². The van der Waals surface area contributed by atoms with Crippen molar-refractivity contribution in [3.05, 3.63) is 0 Å². The third kappa shape index (κ3) is 11.0. The first-order valence-electron chi connectivity index (χ1n) is 6.09. The molecule has 0 bridgehead atoms. The Labute approximate surface area is 130 Å². The summed E-state index contributed by atoms with van der Waals surface area (Å²) >= 11 is 0. The second-order valence-corrected chi connectivity index (χ2v) is 4.16. The van der Waals surface area contributed by atoms with Crippen molar-refractivity contribution in [2.75, 3.05) is 13.1 Å². The molecule has 0 saturated carbocycles. The summed E-state index contributed by atoms with van der Waals surface area (Å²) in [6.07, 6.45) is 2.28. The first kappa shape index (κ1) is 20.2. The smallest absolute Gasteiger partial charge is 0.548 e. The van der Waals surface area contributed by atoms with Gasteiger partial charge in [-0.05, 0) is 26.7 Å². The largest absolute Gasteiger partial charge is 1.00 e. The van der Waals surface area contributed by atoms with Gasteiger partial charge < -0.3 is 14.8 Å². The molecule has 0 N–H and O–H groups in total. The van der Waals surface area contributed by atoms with Gasteiger partial charge in [0, 0.05) is 13.0 Å².